The number of benzene rings is 1. The van der Waals surface area contributed by atoms with E-state index in [2.05, 4.69) is 9.71 Å². The molecule has 0 radical (unpaired) electrons. The van der Waals surface area contributed by atoms with E-state index in [9.17, 15) is 8.42 Å². The van der Waals surface area contributed by atoms with Crippen LogP contribution in [0.25, 0.3) is 11.1 Å². The molecule has 6 heteroatoms. The number of nitrogen functional groups attached to an aromatic ring is 1. The highest BCUT2D eigenvalue weighted by Crippen LogP contribution is 2.21. The Kier molecular flexibility index (Phi) is 4.59. The van der Waals surface area contributed by atoms with Gasteiger partial charge in [-0.3, -0.25) is 0 Å². The standard InChI is InChI=1S/C15H19N3O2S/c1-11(2)9-18-21(19,20)14-6-3-12(4-7-14)13-5-8-15(16)17-10-13/h3-8,10-11,18H,9H2,1-2H3,(H2,16,17). The van der Waals surface area contributed by atoms with Crippen LogP contribution in [0.2, 0.25) is 0 Å². The van der Waals surface area contributed by atoms with Crippen molar-refractivity contribution < 1.29 is 8.42 Å². The van der Waals surface area contributed by atoms with Crippen LogP contribution < -0.4 is 10.5 Å². The number of anilines is 1. The molecule has 21 heavy (non-hydrogen) atoms. The lowest BCUT2D eigenvalue weighted by Gasteiger charge is -2.09. The number of pyridine rings is 1. The van der Waals surface area contributed by atoms with Gasteiger partial charge in [-0.2, -0.15) is 0 Å². The van der Waals surface area contributed by atoms with Crippen molar-refractivity contribution in [1.82, 2.24) is 9.71 Å². The minimum absolute atomic E-state index is 0.260. The Morgan fingerprint density at radius 1 is 1.10 bits per heavy atom. The molecular weight excluding hydrogens is 286 g/mol. The molecule has 0 aliphatic heterocycles. The van der Waals surface area contributed by atoms with Crippen molar-refractivity contribution in [3.05, 3.63) is 42.6 Å². The lowest BCUT2D eigenvalue weighted by Crippen LogP contribution is -2.27. The number of nitrogens with one attached hydrogen (secondary N) is 1. The van der Waals surface area contributed by atoms with Crippen LogP contribution in [0.3, 0.4) is 0 Å². The first-order chi connectivity index (χ1) is 9.88. The lowest BCUT2D eigenvalue weighted by molar-refractivity contribution is 0.560. The topological polar surface area (TPSA) is 85.1 Å². The molecule has 1 aromatic carbocycles. The van der Waals surface area contributed by atoms with Gasteiger partial charge in [0.15, 0.2) is 0 Å². The van der Waals surface area contributed by atoms with E-state index in [0.29, 0.717) is 12.4 Å². The normalized spacial score (nSPS) is 11.8. The summed E-state index contributed by atoms with van der Waals surface area (Å²) >= 11 is 0. The minimum Gasteiger partial charge on any atom is -0.384 e. The fourth-order valence-corrected chi connectivity index (χ4v) is 2.98. The van der Waals surface area contributed by atoms with E-state index in [4.69, 9.17) is 5.73 Å². The lowest BCUT2D eigenvalue weighted by atomic mass is 10.1. The molecule has 1 aromatic heterocycles. The third-order valence-electron chi connectivity index (χ3n) is 2.97. The highest BCUT2D eigenvalue weighted by atomic mass is 32.2. The number of hydrogen-bond donors (Lipinski definition) is 2. The molecular formula is C15H19N3O2S. The summed E-state index contributed by atoms with van der Waals surface area (Å²) in [4.78, 5) is 4.28. The summed E-state index contributed by atoms with van der Waals surface area (Å²) in [6.07, 6.45) is 1.66. The van der Waals surface area contributed by atoms with Gasteiger partial charge >= 0.3 is 0 Å². The Hall–Kier alpha value is -1.92. The zero-order valence-electron chi connectivity index (χ0n) is 12.1. The van der Waals surface area contributed by atoms with Crippen molar-refractivity contribution in [3.8, 4) is 11.1 Å². The predicted molar refractivity (Wildman–Crippen MR) is 84.1 cm³/mol. The Morgan fingerprint density at radius 3 is 2.24 bits per heavy atom. The second-order valence-electron chi connectivity index (χ2n) is 5.24. The maximum Gasteiger partial charge on any atom is 0.240 e. The van der Waals surface area contributed by atoms with Gasteiger partial charge in [-0.05, 0) is 35.7 Å². The van der Waals surface area contributed by atoms with Gasteiger partial charge in [-0.15, -0.1) is 0 Å². The van der Waals surface area contributed by atoms with Gasteiger partial charge in [0.25, 0.3) is 0 Å². The Balaban J connectivity index is 2.20. The van der Waals surface area contributed by atoms with E-state index in [0.717, 1.165) is 11.1 Å². The molecule has 0 amide bonds. The molecule has 1 heterocycles. The second kappa shape index (κ2) is 6.24. The molecule has 0 bridgehead atoms. The Labute approximate surface area is 125 Å². The SMILES string of the molecule is CC(C)CNS(=O)(=O)c1ccc(-c2ccc(N)nc2)cc1. The van der Waals surface area contributed by atoms with Gasteiger partial charge in [0.1, 0.15) is 5.82 Å². The van der Waals surface area contributed by atoms with Gasteiger partial charge in [0.05, 0.1) is 4.90 Å². The molecule has 0 saturated heterocycles. The summed E-state index contributed by atoms with van der Waals surface area (Å²) in [7, 11) is -3.45. The molecule has 0 aliphatic rings. The van der Waals surface area contributed by atoms with Crippen LogP contribution >= 0.6 is 0 Å². The van der Waals surface area contributed by atoms with Gasteiger partial charge < -0.3 is 5.73 Å². The zero-order valence-corrected chi connectivity index (χ0v) is 12.9. The van der Waals surface area contributed by atoms with E-state index in [1.807, 2.05) is 19.9 Å². The molecule has 0 fully saturated rings. The Bertz CT molecular complexity index is 693. The van der Waals surface area contributed by atoms with Crippen molar-refractivity contribution in [2.45, 2.75) is 18.7 Å². The van der Waals surface area contributed by atoms with Crippen molar-refractivity contribution in [2.24, 2.45) is 5.92 Å². The third-order valence-corrected chi connectivity index (χ3v) is 4.41. The predicted octanol–water partition coefficient (Wildman–Crippen LogP) is 2.27. The first kappa shape index (κ1) is 15.5. The van der Waals surface area contributed by atoms with Gasteiger partial charge in [0.2, 0.25) is 10.0 Å². The average Bonchev–Trinajstić information content (AvgIpc) is 2.46. The molecule has 2 rings (SSSR count). The fourth-order valence-electron chi connectivity index (χ4n) is 1.76. The second-order valence-corrected chi connectivity index (χ2v) is 7.01. The summed E-state index contributed by atoms with van der Waals surface area (Å²) in [6, 6.07) is 10.3. The maximum absolute atomic E-state index is 12.1. The number of nitrogens with two attached hydrogens (primary N) is 1. The molecule has 5 nitrogen and oxygen atoms in total. The van der Waals surface area contributed by atoms with E-state index in [-0.39, 0.29) is 10.8 Å². The Morgan fingerprint density at radius 2 is 1.71 bits per heavy atom. The van der Waals surface area contributed by atoms with Crippen LogP contribution in [0.1, 0.15) is 13.8 Å². The maximum atomic E-state index is 12.1. The molecule has 3 N–H and O–H groups in total. The summed E-state index contributed by atoms with van der Waals surface area (Å²) in [5, 5.41) is 0. The number of nitrogens with zero attached hydrogens (tertiary/aromatic N) is 1. The van der Waals surface area contributed by atoms with Crippen LogP contribution in [0.4, 0.5) is 5.82 Å². The van der Waals surface area contributed by atoms with Crippen LogP contribution in [0.15, 0.2) is 47.5 Å². The first-order valence-corrected chi connectivity index (χ1v) is 8.18. The number of hydrogen-bond acceptors (Lipinski definition) is 4. The summed E-state index contributed by atoms with van der Waals surface area (Å²) < 4.78 is 26.8. The minimum atomic E-state index is -3.45. The summed E-state index contributed by atoms with van der Waals surface area (Å²) in [5.74, 6) is 0.718. The van der Waals surface area contributed by atoms with Gasteiger partial charge in [0, 0.05) is 18.3 Å². The third kappa shape index (κ3) is 4.03. The molecule has 0 saturated carbocycles. The summed E-state index contributed by atoms with van der Waals surface area (Å²) in [5.41, 5.74) is 7.33. The quantitative estimate of drug-likeness (QED) is 0.887. The van der Waals surface area contributed by atoms with Crippen molar-refractivity contribution in [3.63, 3.8) is 0 Å². The molecule has 112 valence electrons. The molecule has 0 aliphatic carbocycles. The van der Waals surface area contributed by atoms with Crippen LogP contribution in [0, 0.1) is 5.92 Å². The van der Waals surface area contributed by atoms with Crippen molar-refractivity contribution >= 4 is 15.8 Å². The smallest absolute Gasteiger partial charge is 0.240 e. The average molecular weight is 305 g/mol. The number of sulfonamides is 1. The van der Waals surface area contributed by atoms with Crippen LogP contribution in [-0.4, -0.2) is 19.9 Å². The molecule has 0 unspecified atom stereocenters. The van der Waals surface area contributed by atoms with Crippen molar-refractivity contribution in [1.29, 1.82) is 0 Å². The van der Waals surface area contributed by atoms with E-state index < -0.39 is 10.0 Å². The van der Waals surface area contributed by atoms with Gasteiger partial charge in [-0.25, -0.2) is 18.1 Å². The molecule has 0 spiro atoms. The fraction of sp³-hybridized carbons (Fsp3) is 0.267. The molecule has 0 atom stereocenters. The van der Waals surface area contributed by atoms with Crippen LogP contribution in [-0.2, 0) is 10.0 Å². The van der Waals surface area contributed by atoms with Crippen LogP contribution in [0.5, 0.6) is 0 Å². The number of rotatable bonds is 5. The highest BCUT2D eigenvalue weighted by Gasteiger charge is 2.14. The zero-order chi connectivity index (χ0) is 15.5. The van der Waals surface area contributed by atoms with Crippen molar-refractivity contribution in [2.75, 3.05) is 12.3 Å². The number of aromatic nitrogens is 1. The molecule has 2 aromatic rings. The largest absolute Gasteiger partial charge is 0.384 e. The van der Waals surface area contributed by atoms with E-state index >= 15 is 0 Å². The first-order valence-electron chi connectivity index (χ1n) is 6.70. The highest BCUT2D eigenvalue weighted by molar-refractivity contribution is 7.89. The monoisotopic (exact) mass is 305 g/mol. The van der Waals surface area contributed by atoms with Gasteiger partial charge in [-0.1, -0.05) is 26.0 Å². The summed E-state index contributed by atoms with van der Waals surface area (Å²) in [6.45, 7) is 4.34. The van der Waals surface area contributed by atoms with E-state index in [1.165, 1.54) is 0 Å². The van der Waals surface area contributed by atoms with E-state index in [1.54, 1.807) is 36.5 Å².